The summed E-state index contributed by atoms with van der Waals surface area (Å²) in [6.07, 6.45) is 2.04. The van der Waals surface area contributed by atoms with E-state index in [2.05, 4.69) is 72.6 Å². The van der Waals surface area contributed by atoms with Crippen LogP contribution in [0.3, 0.4) is 0 Å². The molecule has 20 heavy (non-hydrogen) atoms. The zero-order valence-corrected chi connectivity index (χ0v) is 11.4. The van der Waals surface area contributed by atoms with Crippen molar-refractivity contribution in [2.45, 2.75) is 12.8 Å². The Morgan fingerprint density at radius 2 is 1.55 bits per heavy atom. The molecule has 1 aliphatic rings. The molecule has 1 nitrogen and oxygen atoms in total. The zero-order valence-electron chi connectivity index (χ0n) is 11.4. The van der Waals surface area contributed by atoms with E-state index in [1.807, 2.05) is 6.20 Å². The summed E-state index contributed by atoms with van der Waals surface area (Å²) >= 11 is 0. The van der Waals surface area contributed by atoms with Gasteiger partial charge in [-0.25, -0.2) is 0 Å². The molecule has 0 N–H and O–H groups in total. The van der Waals surface area contributed by atoms with Gasteiger partial charge < -0.3 is 0 Å². The number of nitrogens with zero attached hydrogens (tertiary/aromatic N) is 1. The Morgan fingerprint density at radius 1 is 0.800 bits per heavy atom. The molecule has 3 aromatic rings. The third-order valence-electron chi connectivity index (χ3n) is 4.08. The number of hydrogen-bond donors (Lipinski definition) is 0. The molecule has 0 saturated carbocycles. The molecule has 1 heterocycles. The minimum atomic E-state index is 0.315. The zero-order chi connectivity index (χ0) is 13.5. The third-order valence-corrected chi connectivity index (χ3v) is 4.08. The fraction of sp³-hybridized carbons (Fsp3) is 0.105. The molecule has 1 aromatic heterocycles. The van der Waals surface area contributed by atoms with Gasteiger partial charge in [0.15, 0.2) is 0 Å². The van der Waals surface area contributed by atoms with Crippen molar-refractivity contribution >= 4 is 0 Å². The maximum atomic E-state index is 4.51. The highest BCUT2D eigenvalue weighted by atomic mass is 14.7. The number of rotatable bonds is 1. The second kappa shape index (κ2) is 4.31. The molecule has 96 valence electrons. The van der Waals surface area contributed by atoms with Gasteiger partial charge in [0.05, 0.1) is 0 Å². The van der Waals surface area contributed by atoms with Crippen molar-refractivity contribution in [3.8, 4) is 11.1 Å². The van der Waals surface area contributed by atoms with Gasteiger partial charge in [-0.15, -0.1) is 0 Å². The SMILES string of the molecule is Cc1cc2c(cn1)C(c1ccccc1)c1ccccc1-2. The number of aromatic nitrogens is 1. The van der Waals surface area contributed by atoms with E-state index in [1.165, 1.54) is 27.8 Å². The van der Waals surface area contributed by atoms with E-state index >= 15 is 0 Å². The van der Waals surface area contributed by atoms with Gasteiger partial charge in [-0.3, -0.25) is 4.98 Å². The van der Waals surface area contributed by atoms with E-state index < -0.39 is 0 Å². The highest BCUT2D eigenvalue weighted by molar-refractivity contribution is 5.80. The van der Waals surface area contributed by atoms with Crippen LogP contribution in [-0.4, -0.2) is 4.98 Å². The average molecular weight is 257 g/mol. The van der Waals surface area contributed by atoms with Gasteiger partial charge in [0.1, 0.15) is 0 Å². The molecular weight excluding hydrogens is 242 g/mol. The van der Waals surface area contributed by atoms with Crippen molar-refractivity contribution in [2.75, 3.05) is 0 Å². The highest BCUT2D eigenvalue weighted by Gasteiger charge is 2.29. The lowest BCUT2D eigenvalue weighted by molar-refractivity contribution is 0.995. The van der Waals surface area contributed by atoms with Crippen LogP contribution in [-0.2, 0) is 0 Å². The number of aryl methyl sites for hydroxylation is 1. The van der Waals surface area contributed by atoms with Crippen LogP contribution in [0.2, 0.25) is 0 Å². The monoisotopic (exact) mass is 257 g/mol. The van der Waals surface area contributed by atoms with Crippen molar-refractivity contribution in [1.82, 2.24) is 4.98 Å². The van der Waals surface area contributed by atoms with E-state index in [-0.39, 0.29) is 0 Å². The number of fused-ring (bicyclic) bond motifs is 3. The second-order valence-corrected chi connectivity index (χ2v) is 5.34. The summed E-state index contributed by atoms with van der Waals surface area (Å²) in [6.45, 7) is 2.05. The van der Waals surface area contributed by atoms with Gasteiger partial charge in [-0.1, -0.05) is 54.6 Å². The molecular formula is C19H15N. The van der Waals surface area contributed by atoms with Crippen LogP contribution in [0.15, 0.2) is 66.9 Å². The van der Waals surface area contributed by atoms with Gasteiger partial charge in [0.25, 0.3) is 0 Å². The largest absolute Gasteiger partial charge is 0.261 e. The van der Waals surface area contributed by atoms with E-state index in [0.29, 0.717) is 5.92 Å². The average Bonchev–Trinajstić information content (AvgIpc) is 2.82. The first kappa shape index (κ1) is 11.4. The predicted octanol–water partition coefficient (Wildman–Crippen LogP) is 4.55. The van der Waals surface area contributed by atoms with Gasteiger partial charge in [0, 0.05) is 17.8 Å². The van der Waals surface area contributed by atoms with Crippen molar-refractivity contribution in [1.29, 1.82) is 0 Å². The number of benzene rings is 2. The highest BCUT2D eigenvalue weighted by Crippen LogP contribution is 2.47. The maximum absolute atomic E-state index is 4.51. The van der Waals surface area contributed by atoms with Crippen molar-refractivity contribution < 1.29 is 0 Å². The van der Waals surface area contributed by atoms with E-state index in [1.54, 1.807) is 0 Å². The first-order chi connectivity index (χ1) is 9.84. The Kier molecular flexibility index (Phi) is 2.46. The summed E-state index contributed by atoms with van der Waals surface area (Å²) in [5.74, 6) is 0.315. The fourth-order valence-corrected chi connectivity index (χ4v) is 3.20. The molecule has 0 fully saturated rings. The van der Waals surface area contributed by atoms with Crippen molar-refractivity contribution in [3.05, 3.63) is 89.2 Å². The lowest BCUT2D eigenvalue weighted by atomic mass is 9.90. The molecule has 0 amide bonds. The Labute approximate surface area is 118 Å². The van der Waals surface area contributed by atoms with Crippen LogP contribution in [0.4, 0.5) is 0 Å². The first-order valence-corrected chi connectivity index (χ1v) is 6.95. The van der Waals surface area contributed by atoms with Crippen molar-refractivity contribution in [2.24, 2.45) is 0 Å². The van der Waals surface area contributed by atoms with Crippen LogP contribution in [0.5, 0.6) is 0 Å². The van der Waals surface area contributed by atoms with Crippen molar-refractivity contribution in [3.63, 3.8) is 0 Å². The van der Waals surface area contributed by atoms with E-state index in [0.717, 1.165) is 5.69 Å². The molecule has 0 bridgehead atoms. The molecule has 0 spiro atoms. The Morgan fingerprint density at radius 3 is 2.40 bits per heavy atom. The summed E-state index contributed by atoms with van der Waals surface area (Å²) in [5, 5.41) is 0. The molecule has 0 aliphatic heterocycles. The van der Waals surface area contributed by atoms with E-state index in [4.69, 9.17) is 0 Å². The minimum Gasteiger partial charge on any atom is -0.261 e. The van der Waals surface area contributed by atoms with Crippen LogP contribution < -0.4 is 0 Å². The number of hydrogen-bond acceptors (Lipinski definition) is 1. The quantitative estimate of drug-likeness (QED) is 0.487. The van der Waals surface area contributed by atoms with Gasteiger partial charge in [-0.2, -0.15) is 0 Å². The second-order valence-electron chi connectivity index (χ2n) is 5.34. The fourth-order valence-electron chi connectivity index (χ4n) is 3.20. The lowest BCUT2D eigenvalue weighted by Crippen LogP contribution is -1.99. The van der Waals surface area contributed by atoms with E-state index in [9.17, 15) is 0 Å². The smallest absolute Gasteiger partial charge is 0.0379 e. The third kappa shape index (κ3) is 1.60. The standard InChI is InChI=1S/C19H15N/c1-13-11-17-15-9-5-6-10-16(15)19(18(17)12-20-13)14-7-3-2-4-8-14/h2-12,19H,1H3. The Hall–Kier alpha value is -2.41. The van der Waals surface area contributed by atoms with Gasteiger partial charge in [0.2, 0.25) is 0 Å². The Bertz CT molecular complexity index is 775. The van der Waals surface area contributed by atoms with Crippen LogP contribution in [0.25, 0.3) is 11.1 Å². The minimum absolute atomic E-state index is 0.315. The first-order valence-electron chi connectivity index (χ1n) is 6.95. The summed E-state index contributed by atoms with van der Waals surface area (Å²) in [7, 11) is 0. The molecule has 1 atom stereocenters. The molecule has 0 radical (unpaired) electrons. The molecule has 1 unspecified atom stereocenters. The maximum Gasteiger partial charge on any atom is 0.0379 e. The van der Waals surface area contributed by atoms with Crippen LogP contribution >= 0.6 is 0 Å². The Balaban J connectivity index is 2.02. The summed E-state index contributed by atoms with van der Waals surface area (Å²) in [5.41, 5.74) is 7.81. The molecule has 0 saturated heterocycles. The molecule has 4 rings (SSSR count). The molecule has 1 heteroatoms. The lowest BCUT2D eigenvalue weighted by Gasteiger charge is -2.13. The molecule has 1 aliphatic carbocycles. The molecule has 2 aromatic carbocycles. The topological polar surface area (TPSA) is 12.9 Å². The summed E-state index contributed by atoms with van der Waals surface area (Å²) in [4.78, 5) is 4.51. The van der Waals surface area contributed by atoms with Gasteiger partial charge >= 0.3 is 0 Å². The van der Waals surface area contributed by atoms with Crippen LogP contribution in [0.1, 0.15) is 28.3 Å². The summed E-state index contributed by atoms with van der Waals surface area (Å²) in [6, 6.07) is 21.6. The van der Waals surface area contributed by atoms with Gasteiger partial charge in [-0.05, 0) is 40.8 Å². The normalized spacial score (nSPS) is 15.8. The predicted molar refractivity (Wildman–Crippen MR) is 81.8 cm³/mol. The van der Waals surface area contributed by atoms with Crippen LogP contribution in [0, 0.1) is 6.92 Å². The number of pyridine rings is 1. The summed E-state index contributed by atoms with van der Waals surface area (Å²) < 4.78 is 0.